The van der Waals surface area contributed by atoms with Crippen LogP contribution in [-0.2, 0) is 0 Å². The minimum absolute atomic E-state index is 0.0465. The van der Waals surface area contributed by atoms with Gasteiger partial charge in [0.05, 0.1) is 6.10 Å². The average molecular weight is 427 g/mol. The third kappa shape index (κ3) is 3.34. The summed E-state index contributed by atoms with van der Waals surface area (Å²) in [6.07, 6.45) is 15.2. The van der Waals surface area contributed by atoms with Crippen molar-refractivity contribution in [2.75, 3.05) is 0 Å². The van der Waals surface area contributed by atoms with Crippen molar-refractivity contribution in [2.24, 2.45) is 39.4 Å². The summed E-state index contributed by atoms with van der Waals surface area (Å²) < 4.78 is 0. The van der Waals surface area contributed by atoms with Gasteiger partial charge in [0.2, 0.25) is 0 Å². The maximum absolute atomic E-state index is 10.8. The Labute approximate surface area is 193 Å². The Hall–Kier alpha value is -0.560. The highest BCUT2D eigenvalue weighted by atomic mass is 16.3. The number of rotatable bonds is 4. The topological polar surface area (TPSA) is 20.2 Å². The molecule has 0 saturated heterocycles. The highest BCUT2D eigenvalue weighted by Gasteiger charge is 2.63. The van der Waals surface area contributed by atoms with Gasteiger partial charge in [-0.3, -0.25) is 0 Å². The van der Waals surface area contributed by atoms with Crippen LogP contribution in [0.2, 0.25) is 0 Å². The Bertz CT molecular complexity index is 767. The summed E-state index contributed by atoms with van der Waals surface area (Å²) in [7, 11) is 0. The lowest BCUT2D eigenvalue weighted by atomic mass is 9.43. The van der Waals surface area contributed by atoms with Crippen LogP contribution in [-0.4, -0.2) is 11.2 Å². The molecule has 2 fully saturated rings. The summed E-state index contributed by atoms with van der Waals surface area (Å²) in [5.74, 6) is 2.32. The van der Waals surface area contributed by atoms with E-state index >= 15 is 0 Å². The smallest absolute Gasteiger partial charge is 0.0594 e. The summed E-state index contributed by atoms with van der Waals surface area (Å²) in [6.45, 7) is 19.6. The van der Waals surface area contributed by atoms with E-state index in [1.54, 1.807) is 0 Å². The molecule has 31 heavy (non-hydrogen) atoms. The Kier molecular flexibility index (Phi) is 5.90. The first-order valence-corrected chi connectivity index (χ1v) is 13.4. The number of fused-ring (bicyclic) bond motifs is 4. The first-order valence-electron chi connectivity index (χ1n) is 13.4. The van der Waals surface area contributed by atoms with E-state index in [0.717, 1.165) is 18.3 Å². The molecular formula is C30H50O. The van der Waals surface area contributed by atoms with Crippen molar-refractivity contribution in [3.63, 3.8) is 0 Å². The van der Waals surface area contributed by atoms with E-state index in [-0.39, 0.29) is 11.5 Å². The van der Waals surface area contributed by atoms with E-state index in [9.17, 15) is 5.11 Å². The largest absolute Gasteiger partial charge is 0.393 e. The third-order valence-electron chi connectivity index (χ3n) is 11.7. The molecule has 0 amide bonds. The van der Waals surface area contributed by atoms with E-state index < -0.39 is 0 Å². The molecule has 0 heterocycles. The molecule has 4 rings (SSSR count). The van der Waals surface area contributed by atoms with Gasteiger partial charge in [0, 0.05) is 0 Å². The second kappa shape index (κ2) is 7.75. The monoisotopic (exact) mass is 426 g/mol. The fourth-order valence-electron chi connectivity index (χ4n) is 9.47. The SMILES string of the molecule is CC(C)=CCC[C@@H](C)[C@@H]1CC[C@@]2(C)C3=C(CC[C@]12C)[C@@]1(C)CC[C@@H](O)C(C)(C)[C@@H]1CC3. The lowest BCUT2D eigenvalue weighted by molar-refractivity contribution is -0.0962. The van der Waals surface area contributed by atoms with Gasteiger partial charge in [-0.2, -0.15) is 0 Å². The van der Waals surface area contributed by atoms with Gasteiger partial charge < -0.3 is 5.11 Å². The molecule has 1 heteroatoms. The lowest BCUT2D eigenvalue weighted by Crippen LogP contribution is -2.55. The van der Waals surface area contributed by atoms with Crippen molar-refractivity contribution in [3.8, 4) is 0 Å². The Morgan fingerprint density at radius 3 is 2.35 bits per heavy atom. The second-order valence-electron chi connectivity index (χ2n) is 13.6. The van der Waals surface area contributed by atoms with E-state index in [1.165, 1.54) is 63.4 Å². The third-order valence-corrected chi connectivity index (χ3v) is 11.7. The summed E-state index contributed by atoms with van der Waals surface area (Å²) in [6, 6.07) is 0. The second-order valence-corrected chi connectivity index (χ2v) is 13.6. The van der Waals surface area contributed by atoms with Crippen molar-refractivity contribution in [1.82, 2.24) is 0 Å². The predicted molar refractivity (Wildman–Crippen MR) is 133 cm³/mol. The molecule has 2 saturated carbocycles. The Morgan fingerprint density at radius 1 is 0.968 bits per heavy atom. The summed E-state index contributed by atoms with van der Waals surface area (Å²) in [5.41, 5.74) is 6.41. The molecule has 4 aliphatic carbocycles. The van der Waals surface area contributed by atoms with Crippen LogP contribution < -0.4 is 0 Å². The predicted octanol–water partition coefficient (Wildman–Crippen LogP) is 8.48. The molecule has 0 bridgehead atoms. The maximum Gasteiger partial charge on any atom is 0.0594 e. The minimum Gasteiger partial charge on any atom is -0.393 e. The first kappa shape index (κ1) is 23.6. The number of aliphatic hydroxyl groups is 1. The van der Waals surface area contributed by atoms with E-state index in [2.05, 4.69) is 61.5 Å². The van der Waals surface area contributed by atoms with Gasteiger partial charge >= 0.3 is 0 Å². The van der Waals surface area contributed by atoms with Crippen LogP contribution in [0.5, 0.6) is 0 Å². The van der Waals surface area contributed by atoms with E-state index in [4.69, 9.17) is 0 Å². The molecular weight excluding hydrogens is 376 g/mol. The molecule has 0 spiro atoms. The van der Waals surface area contributed by atoms with Gasteiger partial charge in [-0.1, -0.05) is 64.3 Å². The van der Waals surface area contributed by atoms with E-state index in [0.29, 0.717) is 22.2 Å². The highest BCUT2D eigenvalue weighted by Crippen LogP contribution is 2.72. The first-order chi connectivity index (χ1) is 14.4. The van der Waals surface area contributed by atoms with Gasteiger partial charge in [-0.15, -0.1) is 0 Å². The van der Waals surface area contributed by atoms with Crippen molar-refractivity contribution in [1.29, 1.82) is 0 Å². The molecule has 0 unspecified atom stereocenters. The molecule has 1 N–H and O–H groups in total. The molecule has 4 aliphatic rings. The highest BCUT2D eigenvalue weighted by molar-refractivity contribution is 5.38. The van der Waals surface area contributed by atoms with E-state index in [1.807, 2.05) is 11.1 Å². The zero-order valence-electron chi connectivity index (χ0n) is 21.9. The van der Waals surface area contributed by atoms with Crippen LogP contribution in [0.25, 0.3) is 0 Å². The number of hydrogen-bond acceptors (Lipinski definition) is 1. The van der Waals surface area contributed by atoms with Gasteiger partial charge in [0.25, 0.3) is 0 Å². The van der Waals surface area contributed by atoms with Crippen LogP contribution in [0.15, 0.2) is 22.8 Å². The maximum atomic E-state index is 10.8. The lowest BCUT2D eigenvalue weighted by Gasteiger charge is -2.62. The van der Waals surface area contributed by atoms with Crippen LogP contribution in [0.3, 0.4) is 0 Å². The normalized spacial score (nSPS) is 44.9. The average Bonchev–Trinajstić information content (AvgIpc) is 2.96. The van der Waals surface area contributed by atoms with Crippen LogP contribution in [0.1, 0.15) is 120 Å². The summed E-state index contributed by atoms with van der Waals surface area (Å²) in [5, 5.41) is 10.8. The molecule has 0 radical (unpaired) electrons. The molecule has 0 aromatic carbocycles. The molecule has 7 atom stereocenters. The standard InChI is InChI=1S/C30H50O/c1-20(2)10-9-11-21(3)22-14-18-30(8)24-12-13-25-27(4,5)26(31)16-17-28(25,6)23(24)15-19-29(22,30)7/h10,21-22,25-26,31H,9,11-19H2,1-8H3/t21-,22+,25+,26-,28-,29-,30+/m1/s1. The van der Waals surface area contributed by atoms with Gasteiger partial charge in [0.15, 0.2) is 0 Å². The zero-order chi connectivity index (χ0) is 22.8. The zero-order valence-corrected chi connectivity index (χ0v) is 21.9. The van der Waals surface area contributed by atoms with Crippen molar-refractivity contribution < 1.29 is 5.11 Å². The number of hydrogen-bond donors (Lipinski definition) is 1. The van der Waals surface area contributed by atoms with Crippen LogP contribution in [0, 0.1) is 39.4 Å². The molecule has 0 aromatic heterocycles. The van der Waals surface area contributed by atoms with Crippen molar-refractivity contribution in [3.05, 3.63) is 22.8 Å². The van der Waals surface area contributed by atoms with Gasteiger partial charge in [-0.05, 0) is 117 Å². The van der Waals surface area contributed by atoms with Crippen LogP contribution in [0.4, 0.5) is 0 Å². The Balaban J connectivity index is 1.65. The number of aliphatic hydroxyl groups excluding tert-OH is 1. The molecule has 1 nitrogen and oxygen atoms in total. The number of allylic oxidation sites excluding steroid dienone is 4. The molecule has 0 aliphatic heterocycles. The summed E-state index contributed by atoms with van der Waals surface area (Å²) in [4.78, 5) is 0. The quantitative estimate of drug-likeness (QED) is 0.447. The molecule has 176 valence electrons. The van der Waals surface area contributed by atoms with Crippen molar-refractivity contribution in [2.45, 2.75) is 126 Å². The minimum atomic E-state index is -0.130. The van der Waals surface area contributed by atoms with Gasteiger partial charge in [-0.25, -0.2) is 0 Å². The van der Waals surface area contributed by atoms with Crippen molar-refractivity contribution >= 4 is 0 Å². The Morgan fingerprint density at radius 2 is 1.68 bits per heavy atom. The van der Waals surface area contributed by atoms with Gasteiger partial charge in [0.1, 0.15) is 0 Å². The molecule has 0 aromatic rings. The fraction of sp³-hybridized carbons (Fsp3) is 0.867. The van der Waals surface area contributed by atoms with Crippen LogP contribution >= 0.6 is 0 Å². The fourth-order valence-corrected chi connectivity index (χ4v) is 9.47. The summed E-state index contributed by atoms with van der Waals surface area (Å²) >= 11 is 0.